The number of rotatable bonds is 2. The van der Waals surface area contributed by atoms with Crippen LogP contribution in [0.1, 0.15) is 16.8 Å². The molecule has 0 spiro atoms. The quantitative estimate of drug-likeness (QED) is 0.572. The molecule has 0 aromatic heterocycles. The highest BCUT2D eigenvalue weighted by molar-refractivity contribution is 6.06. The van der Waals surface area contributed by atoms with Crippen LogP contribution in [-0.4, -0.2) is 23.9 Å². The lowest BCUT2D eigenvalue weighted by Crippen LogP contribution is -2.28. The van der Waals surface area contributed by atoms with E-state index in [1.165, 1.54) is 0 Å². The minimum absolute atomic E-state index is 0.0998. The van der Waals surface area contributed by atoms with Crippen molar-refractivity contribution in [1.29, 1.82) is 0 Å². The van der Waals surface area contributed by atoms with Gasteiger partial charge in [-0.1, -0.05) is 18.2 Å². The van der Waals surface area contributed by atoms with Crippen molar-refractivity contribution in [2.45, 2.75) is 12.5 Å². The van der Waals surface area contributed by atoms with Crippen molar-refractivity contribution >= 4 is 17.8 Å². The Hall–Kier alpha value is -2.17. The molecule has 2 rings (SSSR count). The highest BCUT2D eigenvalue weighted by Crippen LogP contribution is 2.10. The number of benzene rings is 1. The zero-order chi connectivity index (χ0) is 11.5. The van der Waals surface area contributed by atoms with Crippen LogP contribution in [0.2, 0.25) is 0 Å². The number of carbonyl (C=O) groups excluding carboxylic acids is 3. The molecule has 1 atom stereocenters. The van der Waals surface area contributed by atoms with Gasteiger partial charge >= 0.3 is 5.97 Å². The Morgan fingerprint density at radius 3 is 2.50 bits per heavy atom. The van der Waals surface area contributed by atoms with E-state index >= 15 is 0 Å². The summed E-state index contributed by atoms with van der Waals surface area (Å²) in [7, 11) is 0. The Kier molecular flexibility index (Phi) is 2.68. The summed E-state index contributed by atoms with van der Waals surface area (Å²) in [6.45, 7) is 0. The highest BCUT2D eigenvalue weighted by Gasteiger charge is 2.33. The second-order valence-electron chi connectivity index (χ2n) is 3.38. The van der Waals surface area contributed by atoms with Crippen molar-refractivity contribution in [2.24, 2.45) is 0 Å². The number of hydrogen-bond acceptors (Lipinski definition) is 4. The van der Waals surface area contributed by atoms with E-state index < -0.39 is 23.9 Å². The van der Waals surface area contributed by atoms with E-state index in [4.69, 9.17) is 4.74 Å². The molecular formula is C11H9NO4. The van der Waals surface area contributed by atoms with E-state index in [-0.39, 0.29) is 6.42 Å². The summed E-state index contributed by atoms with van der Waals surface area (Å²) in [5.41, 5.74) is 0.356. The minimum atomic E-state index is -1.000. The third-order valence-electron chi connectivity index (χ3n) is 2.18. The molecule has 1 aliphatic rings. The Balaban J connectivity index is 2.03. The fraction of sp³-hybridized carbons (Fsp3) is 0.182. The minimum Gasteiger partial charge on any atom is -0.448 e. The average Bonchev–Trinajstić information content (AvgIpc) is 2.59. The molecule has 82 valence electrons. The van der Waals surface area contributed by atoms with Crippen molar-refractivity contribution in [3.8, 4) is 0 Å². The van der Waals surface area contributed by atoms with Gasteiger partial charge in [0.2, 0.25) is 5.91 Å². The lowest BCUT2D eigenvalue weighted by molar-refractivity contribution is -0.128. The maximum Gasteiger partial charge on any atom is 0.338 e. The SMILES string of the molecule is O=C1C[C@@H](OC(=O)c2ccccc2)C(=O)N1. The molecule has 0 unspecified atom stereocenters. The van der Waals surface area contributed by atoms with Gasteiger partial charge in [0.25, 0.3) is 5.91 Å². The fourth-order valence-corrected chi connectivity index (χ4v) is 1.40. The molecular weight excluding hydrogens is 210 g/mol. The highest BCUT2D eigenvalue weighted by atomic mass is 16.5. The number of hydrogen-bond donors (Lipinski definition) is 1. The van der Waals surface area contributed by atoms with Crippen molar-refractivity contribution in [1.82, 2.24) is 5.32 Å². The van der Waals surface area contributed by atoms with Crippen LogP contribution in [0.4, 0.5) is 0 Å². The molecule has 5 heteroatoms. The molecule has 1 fully saturated rings. The molecule has 1 aromatic carbocycles. The third-order valence-corrected chi connectivity index (χ3v) is 2.18. The molecule has 2 amide bonds. The average molecular weight is 219 g/mol. The van der Waals surface area contributed by atoms with Crippen LogP contribution in [-0.2, 0) is 14.3 Å². The zero-order valence-electron chi connectivity index (χ0n) is 8.30. The summed E-state index contributed by atoms with van der Waals surface area (Å²) in [6.07, 6.45) is -1.10. The molecule has 1 N–H and O–H groups in total. The molecule has 1 aromatic rings. The predicted octanol–water partition coefficient (Wildman–Crippen LogP) is 0.259. The Labute approximate surface area is 91.4 Å². The van der Waals surface area contributed by atoms with E-state index in [1.54, 1.807) is 30.3 Å². The lowest BCUT2D eigenvalue weighted by atomic mass is 10.2. The molecule has 0 aliphatic carbocycles. The predicted molar refractivity (Wildman–Crippen MR) is 53.4 cm³/mol. The van der Waals surface area contributed by atoms with Gasteiger partial charge in [-0.3, -0.25) is 14.9 Å². The van der Waals surface area contributed by atoms with Crippen molar-refractivity contribution < 1.29 is 19.1 Å². The van der Waals surface area contributed by atoms with Crippen LogP contribution < -0.4 is 5.32 Å². The van der Waals surface area contributed by atoms with Crippen LogP contribution >= 0.6 is 0 Å². The maximum absolute atomic E-state index is 11.5. The van der Waals surface area contributed by atoms with Crippen LogP contribution in [0, 0.1) is 0 Å². The lowest BCUT2D eigenvalue weighted by Gasteiger charge is -2.07. The summed E-state index contributed by atoms with van der Waals surface area (Å²) >= 11 is 0. The number of esters is 1. The number of imide groups is 1. The van der Waals surface area contributed by atoms with Gasteiger partial charge in [-0.15, -0.1) is 0 Å². The molecule has 16 heavy (non-hydrogen) atoms. The van der Waals surface area contributed by atoms with Gasteiger partial charge < -0.3 is 4.74 Å². The second kappa shape index (κ2) is 4.14. The molecule has 1 aliphatic heterocycles. The first-order valence-corrected chi connectivity index (χ1v) is 4.76. The monoisotopic (exact) mass is 219 g/mol. The smallest absolute Gasteiger partial charge is 0.338 e. The molecule has 5 nitrogen and oxygen atoms in total. The molecule has 0 bridgehead atoms. The zero-order valence-corrected chi connectivity index (χ0v) is 8.30. The summed E-state index contributed by atoms with van der Waals surface area (Å²) < 4.78 is 4.91. The van der Waals surface area contributed by atoms with Crippen molar-refractivity contribution in [3.05, 3.63) is 35.9 Å². The summed E-state index contributed by atoms with van der Waals surface area (Å²) in [5.74, 6) is -1.58. The number of ether oxygens (including phenoxy) is 1. The van der Waals surface area contributed by atoms with Gasteiger partial charge in [0, 0.05) is 0 Å². The number of amides is 2. The van der Waals surface area contributed by atoms with E-state index in [0.29, 0.717) is 5.56 Å². The van der Waals surface area contributed by atoms with E-state index in [9.17, 15) is 14.4 Å². The maximum atomic E-state index is 11.5. The van der Waals surface area contributed by atoms with Gasteiger partial charge in [-0.05, 0) is 12.1 Å². The molecule has 0 radical (unpaired) electrons. The molecule has 0 saturated carbocycles. The normalized spacial score (nSPS) is 19.4. The number of nitrogens with one attached hydrogen (secondary N) is 1. The van der Waals surface area contributed by atoms with E-state index in [2.05, 4.69) is 5.32 Å². The van der Waals surface area contributed by atoms with E-state index in [1.807, 2.05) is 0 Å². The third kappa shape index (κ3) is 2.08. The van der Waals surface area contributed by atoms with Gasteiger partial charge in [-0.25, -0.2) is 4.79 Å². The van der Waals surface area contributed by atoms with Crippen LogP contribution in [0.25, 0.3) is 0 Å². The van der Waals surface area contributed by atoms with Crippen LogP contribution in [0.3, 0.4) is 0 Å². The van der Waals surface area contributed by atoms with Gasteiger partial charge in [-0.2, -0.15) is 0 Å². The van der Waals surface area contributed by atoms with Crippen molar-refractivity contribution in [2.75, 3.05) is 0 Å². The van der Waals surface area contributed by atoms with Gasteiger partial charge in [0.1, 0.15) is 0 Å². The van der Waals surface area contributed by atoms with Crippen molar-refractivity contribution in [3.63, 3.8) is 0 Å². The number of carbonyl (C=O) groups is 3. The summed E-state index contributed by atoms with van der Waals surface area (Å²) in [4.78, 5) is 33.5. The Morgan fingerprint density at radius 1 is 1.25 bits per heavy atom. The summed E-state index contributed by atoms with van der Waals surface area (Å²) in [5, 5.41) is 2.07. The van der Waals surface area contributed by atoms with Gasteiger partial charge in [0.15, 0.2) is 6.10 Å². The largest absolute Gasteiger partial charge is 0.448 e. The van der Waals surface area contributed by atoms with E-state index in [0.717, 1.165) is 0 Å². The second-order valence-corrected chi connectivity index (χ2v) is 3.38. The molecule has 1 saturated heterocycles. The van der Waals surface area contributed by atoms with Crippen LogP contribution in [0.15, 0.2) is 30.3 Å². The van der Waals surface area contributed by atoms with Crippen LogP contribution in [0.5, 0.6) is 0 Å². The molecule has 1 heterocycles. The first-order chi connectivity index (χ1) is 7.66. The van der Waals surface area contributed by atoms with Gasteiger partial charge in [0.05, 0.1) is 12.0 Å². The first-order valence-electron chi connectivity index (χ1n) is 4.76. The summed E-state index contributed by atoms with van der Waals surface area (Å²) in [6, 6.07) is 8.31. The Morgan fingerprint density at radius 2 is 1.94 bits per heavy atom. The first kappa shape index (κ1) is 10.4. The fourth-order valence-electron chi connectivity index (χ4n) is 1.40. The Bertz CT molecular complexity index is 441. The standard InChI is InChI=1S/C11H9NO4/c13-9-6-8(10(14)12-9)16-11(15)7-4-2-1-3-5-7/h1-5,8H,6H2,(H,12,13,14)/t8-/m1/s1. The topological polar surface area (TPSA) is 72.5 Å².